The maximum absolute atomic E-state index is 14.0. The van der Waals surface area contributed by atoms with Crippen LogP contribution in [0.4, 0.5) is 5.69 Å². The molecule has 0 spiro atoms. The Balaban J connectivity index is 2.09. The number of amides is 2. The first-order chi connectivity index (χ1) is 18.9. The van der Waals surface area contributed by atoms with Crippen LogP contribution in [0.3, 0.4) is 0 Å². The molecule has 0 saturated carbocycles. The van der Waals surface area contributed by atoms with Crippen molar-refractivity contribution >= 4 is 73.9 Å². The fraction of sp³-hybridized carbons (Fsp3) is 0.286. The third-order valence-electron chi connectivity index (χ3n) is 6.35. The van der Waals surface area contributed by atoms with E-state index >= 15 is 0 Å². The van der Waals surface area contributed by atoms with E-state index in [1.54, 1.807) is 43.3 Å². The van der Waals surface area contributed by atoms with E-state index in [0.29, 0.717) is 27.1 Å². The summed E-state index contributed by atoms with van der Waals surface area (Å²) in [5.41, 5.74) is 0.472. The first kappa shape index (κ1) is 32.0. The van der Waals surface area contributed by atoms with Crippen LogP contribution in [-0.2, 0) is 26.2 Å². The number of anilines is 1. The van der Waals surface area contributed by atoms with Gasteiger partial charge in [-0.2, -0.15) is 0 Å². The Labute approximate surface area is 255 Å². The van der Waals surface area contributed by atoms with Crippen LogP contribution >= 0.6 is 46.4 Å². The zero-order valence-corrected chi connectivity index (χ0v) is 25.9. The second-order valence-corrected chi connectivity index (χ2v) is 12.7. The van der Waals surface area contributed by atoms with Crippen LogP contribution in [0.25, 0.3) is 0 Å². The van der Waals surface area contributed by atoms with Gasteiger partial charge in [-0.05, 0) is 62.7 Å². The average Bonchev–Trinajstić information content (AvgIpc) is 2.91. The van der Waals surface area contributed by atoms with Gasteiger partial charge >= 0.3 is 0 Å². The highest BCUT2D eigenvalue weighted by Gasteiger charge is 2.34. The van der Waals surface area contributed by atoms with Crippen molar-refractivity contribution in [2.24, 2.45) is 0 Å². The number of halogens is 4. The molecular formula is C28H29Cl4N3O4S. The number of carbonyl (C=O) groups is 2. The Morgan fingerprint density at radius 3 is 2.08 bits per heavy atom. The van der Waals surface area contributed by atoms with Gasteiger partial charge in [-0.25, -0.2) is 8.42 Å². The minimum atomic E-state index is -4.27. The largest absolute Gasteiger partial charge is 0.352 e. The summed E-state index contributed by atoms with van der Waals surface area (Å²) in [5, 5.41) is 3.79. The van der Waals surface area contributed by atoms with Gasteiger partial charge in [0.2, 0.25) is 11.8 Å². The average molecular weight is 645 g/mol. The fourth-order valence-corrected chi connectivity index (χ4v) is 6.35. The summed E-state index contributed by atoms with van der Waals surface area (Å²) < 4.78 is 28.6. The predicted molar refractivity (Wildman–Crippen MR) is 162 cm³/mol. The molecule has 12 heteroatoms. The molecule has 3 rings (SSSR count). The number of hydrogen-bond acceptors (Lipinski definition) is 4. The molecule has 0 aliphatic heterocycles. The zero-order chi connectivity index (χ0) is 29.6. The van der Waals surface area contributed by atoms with E-state index < -0.39 is 34.4 Å². The highest BCUT2D eigenvalue weighted by molar-refractivity contribution is 7.92. The molecule has 7 nitrogen and oxygen atoms in total. The Morgan fingerprint density at radius 2 is 1.50 bits per heavy atom. The van der Waals surface area contributed by atoms with Crippen molar-refractivity contribution in [3.05, 3.63) is 92.4 Å². The molecule has 0 unspecified atom stereocenters. The standard InChI is InChI=1S/C28H29Cl4N3O4S/c1-4-18(2)33-28(37)19(3)34(16-22-23(30)11-8-12-24(22)31)27(36)17-35(26-14-13-20(29)15-25(26)32)40(38,39)21-9-6-5-7-10-21/h5-15,18-19H,4,16-17H2,1-3H3,(H,33,37)/t18-,19+/m0/s1. The summed E-state index contributed by atoms with van der Waals surface area (Å²) in [4.78, 5) is 28.3. The van der Waals surface area contributed by atoms with Crippen molar-refractivity contribution in [2.75, 3.05) is 10.8 Å². The lowest BCUT2D eigenvalue weighted by Crippen LogP contribution is -2.52. The third-order valence-corrected chi connectivity index (χ3v) is 9.37. The van der Waals surface area contributed by atoms with Crippen molar-refractivity contribution in [3.8, 4) is 0 Å². The highest BCUT2D eigenvalue weighted by Crippen LogP contribution is 2.33. The van der Waals surface area contributed by atoms with Crippen molar-refractivity contribution in [1.82, 2.24) is 10.2 Å². The van der Waals surface area contributed by atoms with E-state index in [1.165, 1.54) is 35.2 Å². The first-order valence-corrected chi connectivity index (χ1v) is 15.4. The van der Waals surface area contributed by atoms with E-state index in [4.69, 9.17) is 46.4 Å². The maximum Gasteiger partial charge on any atom is 0.264 e. The quantitative estimate of drug-likeness (QED) is 0.248. The van der Waals surface area contributed by atoms with Crippen molar-refractivity contribution in [1.29, 1.82) is 0 Å². The van der Waals surface area contributed by atoms with Gasteiger partial charge < -0.3 is 10.2 Å². The lowest BCUT2D eigenvalue weighted by atomic mass is 10.1. The summed E-state index contributed by atoms with van der Waals surface area (Å²) in [5.74, 6) is -1.08. The number of sulfonamides is 1. The number of rotatable bonds is 11. The summed E-state index contributed by atoms with van der Waals surface area (Å²) in [6.45, 7) is 4.52. The molecule has 3 aromatic carbocycles. The van der Waals surface area contributed by atoms with Crippen LogP contribution in [0.1, 0.15) is 32.8 Å². The lowest BCUT2D eigenvalue weighted by Gasteiger charge is -2.33. The molecule has 40 heavy (non-hydrogen) atoms. The van der Waals surface area contributed by atoms with E-state index in [9.17, 15) is 18.0 Å². The minimum absolute atomic E-state index is 0.0306. The van der Waals surface area contributed by atoms with Gasteiger partial charge in [-0.3, -0.25) is 13.9 Å². The van der Waals surface area contributed by atoms with Gasteiger partial charge in [0, 0.05) is 33.2 Å². The van der Waals surface area contributed by atoms with E-state index in [2.05, 4.69) is 5.32 Å². The summed E-state index contributed by atoms with van der Waals surface area (Å²) in [6.07, 6.45) is 0.681. The molecule has 3 aromatic rings. The SMILES string of the molecule is CC[C@H](C)NC(=O)[C@@H](C)N(Cc1c(Cl)cccc1Cl)C(=O)CN(c1ccc(Cl)cc1Cl)S(=O)(=O)c1ccccc1. The number of hydrogen-bond donors (Lipinski definition) is 1. The summed E-state index contributed by atoms with van der Waals surface area (Å²) >= 11 is 25.3. The molecule has 2 amide bonds. The second-order valence-electron chi connectivity index (χ2n) is 9.14. The van der Waals surface area contributed by atoms with Crippen LogP contribution < -0.4 is 9.62 Å². The highest BCUT2D eigenvalue weighted by atomic mass is 35.5. The second kappa shape index (κ2) is 13.9. The van der Waals surface area contributed by atoms with Crippen molar-refractivity contribution in [3.63, 3.8) is 0 Å². The predicted octanol–water partition coefficient (Wildman–Crippen LogP) is 6.83. The van der Waals surface area contributed by atoms with Gasteiger partial charge in [0.1, 0.15) is 12.6 Å². The zero-order valence-electron chi connectivity index (χ0n) is 22.1. The molecule has 0 radical (unpaired) electrons. The molecule has 0 aliphatic carbocycles. The van der Waals surface area contributed by atoms with Gasteiger partial charge in [0.25, 0.3) is 10.0 Å². The topological polar surface area (TPSA) is 86.8 Å². The van der Waals surface area contributed by atoms with E-state index in [0.717, 1.165) is 4.31 Å². The molecule has 0 saturated heterocycles. The molecule has 2 atom stereocenters. The number of nitrogens with zero attached hydrogens (tertiary/aromatic N) is 2. The van der Waals surface area contributed by atoms with Gasteiger partial charge in [-0.1, -0.05) is 77.6 Å². The van der Waals surface area contributed by atoms with Crippen LogP contribution in [0.15, 0.2) is 71.6 Å². The number of nitrogens with one attached hydrogen (secondary N) is 1. The lowest BCUT2D eigenvalue weighted by molar-refractivity contribution is -0.139. The summed E-state index contributed by atoms with van der Waals surface area (Å²) in [7, 11) is -4.27. The normalized spacial score (nSPS) is 12.9. The molecule has 0 heterocycles. The van der Waals surface area contributed by atoms with Crippen LogP contribution in [0, 0.1) is 0 Å². The number of carbonyl (C=O) groups excluding carboxylic acids is 2. The van der Waals surface area contributed by atoms with Crippen LogP contribution in [-0.4, -0.2) is 43.8 Å². The molecule has 0 aromatic heterocycles. The smallest absolute Gasteiger partial charge is 0.264 e. The van der Waals surface area contributed by atoms with E-state index in [1.807, 2.05) is 13.8 Å². The van der Waals surface area contributed by atoms with Crippen molar-refractivity contribution in [2.45, 2.75) is 50.7 Å². The first-order valence-electron chi connectivity index (χ1n) is 12.4. The van der Waals surface area contributed by atoms with Gasteiger partial charge in [0.05, 0.1) is 15.6 Å². The van der Waals surface area contributed by atoms with Crippen LogP contribution in [0.2, 0.25) is 20.1 Å². The molecule has 0 bridgehead atoms. The Hall–Kier alpha value is -2.49. The molecule has 0 fully saturated rings. The van der Waals surface area contributed by atoms with Gasteiger partial charge in [-0.15, -0.1) is 0 Å². The van der Waals surface area contributed by atoms with E-state index in [-0.39, 0.29) is 28.2 Å². The Bertz CT molecular complexity index is 1450. The Morgan fingerprint density at radius 1 is 0.875 bits per heavy atom. The monoisotopic (exact) mass is 643 g/mol. The molecule has 0 aliphatic rings. The minimum Gasteiger partial charge on any atom is -0.352 e. The molecule has 1 N–H and O–H groups in total. The Kier molecular flexibility index (Phi) is 11.1. The van der Waals surface area contributed by atoms with Crippen molar-refractivity contribution < 1.29 is 18.0 Å². The fourth-order valence-electron chi connectivity index (χ4n) is 3.82. The van der Waals surface area contributed by atoms with Crippen LogP contribution in [0.5, 0.6) is 0 Å². The number of benzene rings is 3. The molecule has 214 valence electrons. The molecular weight excluding hydrogens is 616 g/mol. The maximum atomic E-state index is 14.0. The van der Waals surface area contributed by atoms with Gasteiger partial charge in [0.15, 0.2) is 0 Å². The third kappa shape index (κ3) is 7.62. The summed E-state index contributed by atoms with van der Waals surface area (Å²) in [6, 6.07) is 15.7.